The summed E-state index contributed by atoms with van der Waals surface area (Å²) in [5.41, 5.74) is 2.21. The molecule has 1 saturated carbocycles. The number of carbonyl (C=O) groups is 1. The summed E-state index contributed by atoms with van der Waals surface area (Å²) in [6.07, 6.45) is 12.0. The van der Waals surface area contributed by atoms with Crippen molar-refractivity contribution in [2.24, 2.45) is 0 Å². The van der Waals surface area contributed by atoms with Gasteiger partial charge in [-0.25, -0.2) is 0 Å². The van der Waals surface area contributed by atoms with Crippen molar-refractivity contribution in [1.82, 2.24) is 0 Å². The SMILES string of the molecule is O=C1CCCC2=CCC=CC=C12. The molecule has 0 spiro atoms. The molecule has 0 unspecified atom stereocenters. The first-order valence-corrected chi connectivity index (χ1v) is 4.47. The normalized spacial score (nSPS) is 22.5. The molecule has 0 bridgehead atoms. The van der Waals surface area contributed by atoms with E-state index in [1.165, 1.54) is 5.57 Å². The van der Waals surface area contributed by atoms with Crippen molar-refractivity contribution in [2.45, 2.75) is 25.7 Å². The molecule has 2 aliphatic carbocycles. The van der Waals surface area contributed by atoms with Crippen LogP contribution in [0.1, 0.15) is 25.7 Å². The third-order valence-corrected chi connectivity index (χ3v) is 2.40. The molecule has 0 N–H and O–H groups in total. The molecule has 1 heteroatoms. The van der Waals surface area contributed by atoms with Gasteiger partial charge in [0.1, 0.15) is 0 Å². The fraction of sp³-hybridized carbons (Fsp3) is 0.364. The number of allylic oxidation sites excluding steroid dienone is 6. The Morgan fingerprint density at radius 3 is 3.08 bits per heavy atom. The second kappa shape index (κ2) is 3.10. The summed E-state index contributed by atoms with van der Waals surface area (Å²) in [5, 5.41) is 0. The topological polar surface area (TPSA) is 17.1 Å². The Morgan fingerprint density at radius 2 is 2.17 bits per heavy atom. The van der Waals surface area contributed by atoms with Gasteiger partial charge < -0.3 is 0 Å². The van der Waals surface area contributed by atoms with Gasteiger partial charge in [0.25, 0.3) is 0 Å². The van der Waals surface area contributed by atoms with Crippen LogP contribution in [0, 0.1) is 0 Å². The number of ketones is 1. The van der Waals surface area contributed by atoms with Crippen LogP contribution in [0.15, 0.2) is 35.5 Å². The van der Waals surface area contributed by atoms with E-state index in [-0.39, 0.29) is 0 Å². The zero-order valence-electron chi connectivity index (χ0n) is 7.05. The van der Waals surface area contributed by atoms with E-state index in [1.54, 1.807) is 0 Å². The Morgan fingerprint density at radius 1 is 1.25 bits per heavy atom. The van der Waals surface area contributed by atoms with Crippen LogP contribution in [0.4, 0.5) is 0 Å². The largest absolute Gasteiger partial charge is 0.294 e. The molecule has 62 valence electrons. The van der Waals surface area contributed by atoms with E-state index in [2.05, 4.69) is 12.2 Å². The lowest BCUT2D eigenvalue weighted by molar-refractivity contribution is -0.115. The minimum Gasteiger partial charge on any atom is -0.294 e. The fourth-order valence-electron chi connectivity index (χ4n) is 1.75. The standard InChI is InChI=1S/C11H12O/c12-11-8-4-6-9-5-2-1-3-7-10(9)11/h1,3,5,7H,2,4,6,8H2. The lowest BCUT2D eigenvalue weighted by atomic mass is 9.88. The van der Waals surface area contributed by atoms with Gasteiger partial charge in [-0.15, -0.1) is 0 Å². The highest BCUT2D eigenvalue weighted by atomic mass is 16.1. The predicted octanol–water partition coefficient (Wildman–Crippen LogP) is 2.55. The Balaban J connectivity index is 2.37. The van der Waals surface area contributed by atoms with Crippen LogP contribution in [0.3, 0.4) is 0 Å². The van der Waals surface area contributed by atoms with Crippen LogP contribution in [-0.4, -0.2) is 5.78 Å². The first-order chi connectivity index (χ1) is 5.88. The molecule has 0 aromatic rings. The third-order valence-electron chi connectivity index (χ3n) is 2.40. The Labute approximate surface area is 72.5 Å². The average molecular weight is 160 g/mol. The number of hydrogen-bond acceptors (Lipinski definition) is 1. The highest BCUT2D eigenvalue weighted by Gasteiger charge is 2.19. The van der Waals surface area contributed by atoms with Gasteiger partial charge in [0.15, 0.2) is 5.78 Å². The number of carbonyl (C=O) groups excluding carboxylic acids is 1. The summed E-state index contributed by atoms with van der Waals surface area (Å²) in [7, 11) is 0. The van der Waals surface area contributed by atoms with E-state index in [0.717, 1.165) is 31.3 Å². The van der Waals surface area contributed by atoms with Crippen molar-refractivity contribution in [3.63, 3.8) is 0 Å². The molecule has 1 fully saturated rings. The summed E-state index contributed by atoms with van der Waals surface area (Å²) in [4.78, 5) is 11.4. The highest BCUT2D eigenvalue weighted by molar-refractivity contribution is 6.00. The number of hydrogen-bond donors (Lipinski definition) is 0. The Kier molecular flexibility index (Phi) is 1.94. The number of Topliss-reactive ketones (excluding diaryl/α,β-unsaturated/α-hetero) is 1. The molecule has 2 rings (SSSR count). The van der Waals surface area contributed by atoms with Crippen LogP contribution < -0.4 is 0 Å². The van der Waals surface area contributed by atoms with Gasteiger partial charge in [0, 0.05) is 12.0 Å². The van der Waals surface area contributed by atoms with Crippen molar-refractivity contribution in [1.29, 1.82) is 0 Å². The van der Waals surface area contributed by atoms with Gasteiger partial charge in [0.2, 0.25) is 0 Å². The van der Waals surface area contributed by atoms with Crippen LogP contribution in [0.5, 0.6) is 0 Å². The molecule has 0 atom stereocenters. The second-order valence-electron chi connectivity index (χ2n) is 3.25. The molecule has 0 radical (unpaired) electrons. The summed E-state index contributed by atoms with van der Waals surface area (Å²) in [5.74, 6) is 0.319. The first-order valence-electron chi connectivity index (χ1n) is 4.47. The van der Waals surface area contributed by atoms with Crippen molar-refractivity contribution in [3.8, 4) is 0 Å². The minimum absolute atomic E-state index is 0.319. The zero-order valence-corrected chi connectivity index (χ0v) is 7.05. The Bertz CT molecular complexity index is 292. The van der Waals surface area contributed by atoms with Crippen LogP contribution in [-0.2, 0) is 4.79 Å². The summed E-state index contributed by atoms with van der Waals surface area (Å²) in [6, 6.07) is 0. The molecule has 0 saturated heterocycles. The molecule has 12 heavy (non-hydrogen) atoms. The van der Waals surface area contributed by atoms with Gasteiger partial charge in [-0.2, -0.15) is 0 Å². The van der Waals surface area contributed by atoms with Gasteiger partial charge in [-0.3, -0.25) is 4.79 Å². The molecular formula is C11H12O. The summed E-state index contributed by atoms with van der Waals surface area (Å²) >= 11 is 0. The van der Waals surface area contributed by atoms with E-state index < -0.39 is 0 Å². The number of rotatable bonds is 0. The van der Waals surface area contributed by atoms with E-state index >= 15 is 0 Å². The minimum atomic E-state index is 0.319. The maximum absolute atomic E-state index is 11.4. The van der Waals surface area contributed by atoms with Crippen molar-refractivity contribution in [3.05, 3.63) is 35.5 Å². The zero-order chi connectivity index (χ0) is 8.39. The van der Waals surface area contributed by atoms with Gasteiger partial charge in [0.05, 0.1) is 0 Å². The predicted molar refractivity (Wildman–Crippen MR) is 48.8 cm³/mol. The molecule has 0 aromatic carbocycles. The maximum atomic E-state index is 11.4. The van der Waals surface area contributed by atoms with Gasteiger partial charge >= 0.3 is 0 Å². The molecule has 0 aliphatic heterocycles. The van der Waals surface area contributed by atoms with Crippen molar-refractivity contribution < 1.29 is 4.79 Å². The molecule has 1 nitrogen and oxygen atoms in total. The lowest BCUT2D eigenvalue weighted by Crippen LogP contribution is -2.10. The molecule has 0 amide bonds. The molecule has 2 aliphatic rings. The molecular weight excluding hydrogens is 148 g/mol. The first kappa shape index (κ1) is 7.53. The molecule has 0 aromatic heterocycles. The Hall–Kier alpha value is -1.11. The summed E-state index contributed by atoms with van der Waals surface area (Å²) < 4.78 is 0. The van der Waals surface area contributed by atoms with E-state index in [1.807, 2.05) is 12.2 Å². The smallest absolute Gasteiger partial charge is 0.163 e. The summed E-state index contributed by atoms with van der Waals surface area (Å²) in [6.45, 7) is 0. The van der Waals surface area contributed by atoms with Gasteiger partial charge in [-0.05, 0) is 24.8 Å². The van der Waals surface area contributed by atoms with Crippen molar-refractivity contribution in [2.75, 3.05) is 0 Å². The van der Waals surface area contributed by atoms with E-state index in [4.69, 9.17) is 0 Å². The average Bonchev–Trinajstić information content (AvgIpc) is 2.30. The van der Waals surface area contributed by atoms with Crippen molar-refractivity contribution >= 4 is 5.78 Å². The number of fused-ring (bicyclic) bond motifs is 1. The quantitative estimate of drug-likeness (QED) is 0.532. The second-order valence-corrected chi connectivity index (χ2v) is 3.25. The van der Waals surface area contributed by atoms with Crippen LogP contribution in [0.25, 0.3) is 0 Å². The monoisotopic (exact) mass is 160 g/mol. The van der Waals surface area contributed by atoms with E-state index in [0.29, 0.717) is 5.78 Å². The highest BCUT2D eigenvalue weighted by Crippen LogP contribution is 2.27. The lowest BCUT2D eigenvalue weighted by Gasteiger charge is -2.15. The third kappa shape index (κ3) is 1.27. The maximum Gasteiger partial charge on any atom is 0.163 e. The van der Waals surface area contributed by atoms with Crippen LogP contribution >= 0.6 is 0 Å². The van der Waals surface area contributed by atoms with Gasteiger partial charge in [-0.1, -0.05) is 24.3 Å². The fourth-order valence-corrected chi connectivity index (χ4v) is 1.75. The van der Waals surface area contributed by atoms with E-state index in [9.17, 15) is 4.79 Å². The molecule has 0 heterocycles. The van der Waals surface area contributed by atoms with Crippen LogP contribution in [0.2, 0.25) is 0 Å².